The van der Waals surface area contributed by atoms with E-state index < -0.39 is 0 Å². The van der Waals surface area contributed by atoms with Crippen LogP contribution in [0.1, 0.15) is 75.5 Å². The lowest BCUT2D eigenvalue weighted by molar-refractivity contribution is 0.452. The zero-order valence-electron chi connectivity index (χ0n) is 13.0. The minimum absolute atomic E-state index is 0.609. The van der Waals surface area contributed by atoms with Gasteiger partial charge in [0.1, 0.15) is 0 Å². The number of fused-ring (bicyclic) bond motifs is 1. The summed E-state index contributed by atoms with van der Waals surface area (Å²) < 4.78 is 2.51. The van der Waals surface area contributed by atoms with Crippen LogP contribution in [0.2, 0.25) is 0 Å². The second-order valence-electron chi connectivity index (χ2n) is 6.84. The zero-order valence-corrected chi connectivity index (χ0v) is 13.0. The molecule has 1 atom stereocenters. The molecule has 0 radical (unpaired) electrons. The zero-order chi connectivity index (χ0) is 13.8. The van der Waals surface area contributed by atoms with E-state index in [0.29, 0.717) is 6.04 Å². The molecule has 112 valence electrons. The van der Waals surface area contributed by atoms with Crippen molar-refractivity contribution >= 4 is 0 Å². The fourth-order valence-corrected chi connectivity index (χ4v) is 4.04. The number of rotatable bonds is 5. The predicted molar refractivity (Wildman–Crippen MR) is 85.0 cm³/mol. The van der Waals surface area contributed by atoms with Gasteiger partial charge in [-0.3, -0.25) is 0 Å². The van der Waals surface area contributed by atoms with E-state index in [9.17, 15) is 0 Å². The molecule has 1 aromatic rings. The summed E-state index contributed by atoms with van der Waals surface area (Å²) in [5.41, 5.74) is 3.23. The van der Waals surface area contributed by atoms with Crippen LogP contribution in [0, 0.1) is 5.92 Å². The van der Waals surface area contributed by atoms with Crippen molar-refractivity contribution in [3.8, 4) is 0 Å². The Morgan fingerprint density at radius 1 is 1.10 bits per heavy atom. The lowest BCUT2D eigenvalue weighted by atomic mass is 10.0. The Morgan fingerprint density at radius 3 is 2.70 bits per heavy atom. The predicted octanol–water partition coefficient (Wildman–Crippen LogP) is 4.45. The summed E-state index contributed by atoms with van der Waals surface area (Å²) in [6, 6.07) is 0.609. The van der Waals surface area contributed by atoms with Crippen LogP contribution in [0.4, 0.5) is 0 Å². The first-order chi connectivity index (χ1) is 9.86. The maximum absolute atomic E-state index is 3.76. The largest absolute Gasteiger partial charge is 0.353 e. The third-order valence-electron chi connectivity index (χ3n) is 5.15. The summed E-state index contributed by atoms with van der Waals surface area (Å²) in [5, 5.41) is 3.76. The number of aromatic nitrogens is 1. The van der Waals surface area contributed by atoms with Gasteiger partial charge in [-0.25, -0.2) is 0 Å². The number of aryl methyl sites for hydroxylation is 1. The average Bonchev–Trinajstić information content (AvgIpc) is 3.05. The molecule has 1 fully saturated rings. The van der Waals surface area contributed by atoms with Crippen LogP contribution in [-0.2, 0) is 13.0 Å². The van der Waals surface area contributed by atoms with Crippen molar-refractivity contribution in [2.24, 2.45) is 5.92 Å². The number of hydrogen-bond donors (Lipinski definition) is 1. The highest BCUT2D eigenvalue weighted by atomic mass is 15.0. The van der Waals surface area contributed by atoms with Gasteiger partial charge in [-0.1, -0.05) is 26.2 Å². The topological polar surface area (TPSA) is 17.0 Å². The first kappa shape index (κ1) is 14.2. The first-order valence-electron chi connectivity index (χ1n) is 8.78. The molecule has 0 spiro atoms. The van der Waals surface area contributed by atoms with Gasteiger partial charge in [0.2, 0.25) is 0 Å². The fraction of sp³-hybridized carbons (Fsp3) is 0.778. The molecule has 2 nitrogen and oxygen atoms in total. The summed E-state index contributed by atoms with van der Waals surface area (Å²) in [6.07, 6.45) is 17.3. The van der Waals surface area contributed by atoms with Crippen LogP contribution in [0.3, 0.4) is 0 Å². The van der Waals surface area contributed by atoms with Crippen LogP contribution < -0.4 is 5.32 Å². The van der Waals surface area contributed by atoms with Crippen LogP contribution in [0.25, 0.3) is 0 Å². The Balaban J connectivity index is 1.72. The second kappa shape index (κ2) is 6.80. The highest BCUT2D eigenvalue weighted by Gasteiger charge is 2.21. The standard InChI is InChI=1S/C18H30N2/c1-2-11-19-18-10-6-5-9-16-13-20(14-17(16)18)12-15-7-3-4-8-15/h13-15,18-19H,2-12H2,1H3. The van der Waals surface area contributed by atoms with Crippen molar-refractivity contribution in [3.05, 3.63) is 23.5 Å². The SMILES string of the molecule is CCCNC1CCCCc2cn(CC3CCCC3)cc21. The lowest BCUT2D eigenvalue weighted by Gasteiger charge is -2.17. The molecule has 1 heterocycles. The van der Waals surface area contributed by atoms with E-state index >= 15 is 0 Å². The molecule has 2 aliphatic carbocycles. The fourth-order valence-electron chi connectivity index (χ4n) is 4.04. The van der Waals surface area contributed by atoms with Crippen LogP contribution in [-0.4, -0.2) is 11.1 Å². The average molecular weight is 274 g/mol. The molecule has 0 amide bonds. The van der Waals surface area contributed by atoms with Gasteiger partial charge >= 0.3 is 0 Å². The molecule has 0 aliphatic heterocycles. The molecule has 20 heavy (non-hydrogen) atoms. The number of hydrogen-bond acceptors (Lipinski definition) is 1. The Morgan fingerprint density at radius 2 is 1.90 bits per heavy atom. The Kier molecular flexibility index (Phi) is 4.82. The van der Waals surface area contributed by atoms with Crippen molar-refractivity contribution in [1.82, 2.24) is 9.88 Å². The molecular weight excluding hydrogens is 244 g/mol. The Labute approximate surface area is 123 Å². The quantitative estimate of drug-likeness (QED) is 0.785. The maximum atomic E-state index is 3.76. The van der Waals surface area contributed by atoms with Gasteiger partial charge in [0.05, 0.1) is 0 Å². The molecule has 2 heteroatoms. The van der Waals surface area contributed by atoms with Crippen molar-refractivity contribution in [2.75, 3.05) is 6.54 Å². The molecule has 0 saturated heterocycles. The second-order valence-corrected chi connectivity index (χ2v) is 6.84. The summed E-state index contributed by atoms with van der Waals surface area (Å²) in [6.45, 7) is 4.67. The first-order valence-corrected chi connectivity index (χ1v) is 8.78. The van der Waals surface area contributed by atoms with Gasteiger partial charge in [0.25, 0.3) is 0 Å². The summed E-state index contributed by atoms with van der Waals surface area (Å²) in [5.74, 6) is 0.938. The number of nitrogens with one attached hydrogen (secondary N) is 1. The smallest absolute Gasteiger partial charge is 0.0338 e. The van der Waals surface area contributed by atoms with Gasteiger partial charge in [0, 0.05) is 25.0 Å². The molecule has 2 aliphatic rings. The van der Waals surface area contributed by atoms with E-state index in [2.05, 4.69) is 29.2 Å². The molecule has 1 unspecified atom stereocenters. The van der Waals surface area contributed by atoms with Gasteiger partial charge in [-0.15, -0.1) is 0 Å². The monoisotopic (exact) mass is 274 g/mol. The van der Waals surface area contributed by atoms with E-state index in [1.54, 1.807) is 11.1 Å². The molecule has 3 rings (SSSR count). The highest BCUT2D eigenvalue weighted by Crippen LogP contribution is 2.31. The Hall–Kier alpha value is -0.760. The minimum Gasteiger partial charge on any atom is -0.353 e. The molecule has 1 N–H and O–H groups in total. The molecule has 0 aromatic carbocycles. The van der Waals surface area contributed by atoms with Crippen LogP contribution >= 0.6 is 0 Å². The van der Waals surface area contributed by atoms with Crippen molar-refractivity contribution in [1.29, 1.82) is 0 Å². The maximum Gasteiger partial charge on any atom is 0.0338 e. The van der Waals surface area contributed by atoms with Crippen molar-refractivity contribution < 1.29 is 0 Å². The van der Waals surface area contributed by atoms with Crippen LogP contribution in [0.15, 0.2) is 12.4 Å². The lowest BCUT2D eigenvalue weighted by Crippen LogP contribution is -2.21. The van der Waals surface area contributed by atoms with Gasteiger partial charge < -0.3 is 9.88 Å². The van der Waals surface area contributed by atoms with Crippen molar-refractivity contribution in [3.63, 3.8) is 0 Å². The van der Waals surface area contributed by atoms with Gasteiger partial charge in [-0.05, 0) is 62.1 Å². The normalized spacial score (nSPS) is 23.8. The highest BCUT2D eigenvalue weighted by molar-refractivity contribution is 5.29. The van der Waals surface area contributed by atoms with Crippen molar-refractivity contribution in [2.45, 2.75) is 77.3 Å². The Bertz CT molecular complexity index is 415. The third-order valence-corrected chi connectivity index (χ3v) is 5.15. The van der Waals surface area contributed by atoms with E-state index in [4.69, 9.17) is 0 Å². The summed E-state index contributed by atoms with van der Waals surface area (Å²) in [4.78, 5) is 0. The van der Waals surface area contributed by atoms with Gasteiger partial charge in [0.15, 0.2) is 0 Å². The van der Waals surface area contributed by atoms with E-state index in [-0.39, 0.29) is 0 Å². The van der Waals surface area contributed by atoms with Crippen LogP contribution in [0.5, 0.6) is 0 Å². The van der Waals surface area contributed by atoms with E-state index in [1.165, 1.54) is 64.3 Å². The van der Waals surface area contributed by atoms with Gasteiger partial charge in [-0.2, -0.15) is 0 Å². The number of nitrogens with zero attached hydrogens (tertiary/aromatic N) is 1. The molecular formula is C18H30N2. The molecule has 0 bridgehead atoms. The molecule has 1 saturated carbocycles. The third kappa shape index (κ3) is 3.28. The molecule has 1 aromatic heterocycles. The van der Waals surface area contributed by atoms with E-state index in [0.717, 1.165) is 12.5 Å². The summed E-state index contributed by atoms with van der Waals surface area (Å²) >= 11 is 0. The summed E-state index contributed by atoms with van der Waals surface area (Å²) in [7, 11) is 0. The minimum atomic E-state index is 0.609. The van der Waals surface area contributed by atoms with E-state index in [1.807, 2.05) is 0 Å².